The van der Waals surface area contributed by atoms with E-state index in [-0.39, 0.29) is 18.9 Å². The lowest BCUT2D eigenvalue weighted by Crippen LogP contribution is -2.45. The van der Waals surface area contributed by atoms with Crippen molar-refractivity contribution in [2.45, 2.75) is 51.0 Å². The number of hydrogen-bond donors (Lipinski definition) is 4. The van der Waals surface area contributed by atoms with Crippen molar-refractivity contribution in [2.24, 2.45) is 11.3 Å². The standard InChI is InChI=1S/C20H27NO6/c22-16(18(25)26)13-21-19(27)20(10-4-5-11-20)12-15(17(23)24)9-8-14-6-2-1-3-7-14/h1-3,6-7,15-16,22H,4-5,8-13H2,(H,21,27)(H,23,24)(H,25,26)/t15?,16-/m0/s1. The predicted molar refractivity (Wildman–Crippen MR) is 98.1 cm³/mol. The molecule has 27 heavy (non-hydrogen) atoms. The molecule has 7 nitrogen and oxygen atoms in total. The van der Waals surface area contributed by atoms with Crippen molar-refractivity contribution in [1.29, 1.82) is 0 Å². The van der Waals surface area contributed by atoms with Gasteiger partial charge in [-0.1, -0.05) is 43.2 Å². The van der Waals surface area contributed by atoms with Crippen molar-refractivity contribution >= 4 is 17.8 Å². The van der Waals surface area contributed by atoms with Crippen LogP contribution in [0.5, 0.6) is 0 Å². The lowest BCUT2D eigenvalue weighted by atomic mass is 9.75. The average molecular weight is 377 g/mol. The van der Waals surface area contributed by atoms with E-state index < -0.39 is 29.4 Å². The highest BCUT2D eigenvalue weighted by Crippen LogP contribution is 2.44. The summed E-state index contributed by atoms with van der Waals surface area (Å²) in [6.45, 7) is -0.377. The number of carbonyl (C=O) groups is 3. The summed E-state index contributed by atoms with van der Waals surface area (Å²) in [6, 6.07) is 9.62. The van der Waals surface area contributed by atoms with Gasteiger partial charge in [0.2, 0.25) is 5.91 Å². The maximum Gasteiger partial charge on any atom is 0.334 e. The van der Waals surface area contributed by atoms with Gasteiger partial charge in [0.25, 0.3) is 0 Å². The van der Waals surface area contributed by atoms with E-state index >= 15 is 0 Å². The van der Waals surface area contributed by atoms with Gasteiger partial charge < -0.3 is 20.6 Å². The molecule has 2 rings (SSSR count). The van der Waals surface area contributed by atoms with Crippen molar-refractivity contribution < 1.29 is 29.7 Å². The maximum atomic E-state index is 12.7. The Kier molecular flexibility index (Phi) is 7.36. The zero-order valence-corrected chi connectivity index (χ0v) is 15.3. The molecule has 1 aromatic carbocycles. The second-order valence-corrected chi connectivity index (χ2v) is 7.32. The summed E-state index contributed by atoms with van der Waals surface area (Å²) in [6.07, 6.45) is 2.44. The van der Waals surface area contributed by atoms with Crippen molar-refractivity contribution in [3.05, 3.63) is 35.9 Å². The number of aliphatic carboxylic acids is 2. The van der Waals surface area contributed by atoms with Gasteiger partial charge >= 0.3 is 11.9 Å². The molecule has 0 spiro atoms. The number of carboxylic acids is 2. The van der Waals surface area contributed by atoms with Gasteiger partial charge in [-0.05, 0) is 37.7 Å². The molecule has 0 aromatic heterocycles. The number of hydrogen-bond acceptors (Lipinski definition) is 4. The van der Waals surface area contributed by atoms with E-state index in [1.807, 2.05) is 30.3 Å². The molecule has 1 unspecified atom stereocenters. The smallest absolute Gasteiger partial charge is 0.334 e. The molecule has 148 valence electrons. The van der Waals surface area contributed by atoms with Gasteiger partial charge in [0.05, 0.1) is 12.5 Å². The van der Waals surface area contributed by atoms with E-state index in [9.17, 15) is 24.6 Å². The Morgan fingerprint density at radius 2 is 1.67 bits per heavy atom. The second-order valence-electron chi connectivity index (χ2n) is 7.32. The van der Waals surface area contributed by atoms with E-state index in [2.05, 4.69) is 5.32 Å². The minimum Gasteiger partial charge on any atom is -0.481 e. The molecule has 4 N–H and O–H groups in total. The number of carbonyl (C=O) groups excluding carboxylic acids is 1. The number of aliphatic hydroxyl groups is 1. The first-order valence-electron chi connectivity index (χ1n) is 9.30. The summed E-state index contributed by atoms with van der Waals surface area (Å²) in [7, 11) is 0. The lowest BCUT2D eigenvalue weighted by molar-refractivity contribution is -0.146. The zero-order chi connectivity index (χ0) is 19.9. The summed E-state index contributed by atoms with van der Waals surface area (Å²) in [5.41, 5.74) is 0.246. The Balaban J connectivity index is 2.03. The van der Waals surface area contributed by atoms with Crippen LogP contribution in [0.3, 0.4) is 0 Å². The average Bonchev–Trinajstić information content (AvgIpc) is 3.13. The molecule has 1 fully saturated rings. The zero-order valence-electron chi connectivity index (χ0n) is 15.3. The topological polar surface area (TPSA) is 124 Å². The van der Waals surface area contributed by atoms with E-state index in [4.69, 9.17) is 5.11 Å². The molecule has 1 aromatic rings. The molecular weight excluding hydrogens is 350 g/mol. The van der Waals surface area contributed by atoms with Gasteiger partial charge in [-0.3, -0.25) is 9.59 Å². The molecular formula is C20H27NO6. The van der Waals surface area contributed by atoms with Crippen LogP contribution in [0.25, 0.3) is 0 Å². The Labute approximate surface area is 158 Å². The molecule has 1 aliphatic carbocycles. The number of carboxylic acid groups (broad SMARTS) is 2. The number of benzene rings is 1. The molecule has 0 heterocycles. The third kappa shape index (κ3) is 5.79. The van der Waals surface area contributed by atoms with Crippen LogP contribution in [0.1, 0.15) is 44.1 Å². The molecule has 1 saturated carbocycles. The van der Waals surface area contributed by atoms with Crippen molar-refractivity contribution in [3.63, 3.8) is 0 Å². The highest BCUT2D eigenvalue weighted by atomic mass is 16.4. The lowest BCUT2D eigenvalue weighted by Gasteiger charge is -2.30. The fourth-order valence-corrected chi connectivity index (χ4v) is 3.81. The van der Waals surface area contributed by atoms with Crippen LogP contribution < -0.4 is 5.32 Å². The van der Waals surface area contributed by atoms with Gasteiger partial charge in [-0.2, -0.15) is 0 Å². The van der Waals surface area contributed by atoms with Crippen LogP contribution >= 0.6 is 0 Å². The molecule has 0 saturated heterocycles. The Hall–Kier alpha value is -2.41. The fourth-order valence-electron chi connectivity index (χ4n) is 3.81. The first-order valence-corrected chi connectivity index (χ1v) is 9.30. The fraction of sp³-hybridized carbons (Fsp3) is 0.550. The van der Waals surface area contributed by atoms with Crippen LogP contribution in [0, 0.1) is 11.3 Å². The van der Waals surface area contributed by atoms with Crippen LogP contribution in [-0.4, -0.2) is 45.8 Å². The van der Waals surface area contributed by atoms with Gasteiger partial charge in [0.15, 0.2) is 6.10 Å². The van der Waals surface area contributed by atoms with Gasteiger partial charge in [-0.25, -0.2) is 4.79 Å². The number of aryl methyl sites for hydroxylation is 1. The minimum absolute atomic E-state index is 0.226. The van der Waals surface area contributed by atoms with Crippen LogP contribution in [0.2, 0.25) is 0 Å². The number of amides is 1. The number of nitrogens with one attached hydrogen (secondary N) is 1. The minimum atomic E-state index is -1.67. The largest absolute Gasteiger partial charge is 0.481 e. The van der Waals surface area contributed by atoms with Crippen LogP contribution in [0.4, 0.5) is 0 Å². The maximum absolute atomic E-state index is 12.7. The summed E-state index contributed by atoms with van der Waals surface area (Å²) < 4.78 is 0. The molecule has 2 atom stereocenters. The molecule has 1 amide bonds. The normalized spacial score (nSPS) is 17.8. The van der Waals surface area contributed by atoms with Gasteiger partial charge in [-0.15, -0.1) is 0 Å². The van der Waals surface area contributed by atoms with Crippen molar-refractivity contribution in [1.82, 2.24) is 5.32 Å². The molecule has 0 aliphatic heterocycles. The predicted octanol–water partition coefficient (Wildman–Crippen LogP) is 1.83. The highest BCUT2D eigenvalue weighted by Gasteiger charge is 2.44. The van der Waals surface area contributed by atoms with E-state index in [0.29, 0.717) is 25.7 Å². The SMILES string of the molecule is O=C(O)C(CCc1ccccc1)CC1(C(=O)NC[C@H](O)C(=O)O)CCCC1. The first kappa shape index (κ1) is 20.9. The quantitative estimate of drug-likeness (QED) is 0.493. The van der Waals surface area contributed by atoms with Crippen molar-refractivity contribution in [2.75, 3.05) is 6.54 Å². The van der Waals surface area contributed by atoms with E-state index in [0.717, 1.165) is 18.4 Å². The first-order chi connectivity index (χ1) is 12.8. The summed E-state index contributed by atoms with van der Waals surface area (Å²) in [5.74, 6) is -3.33. The molecule has 1 aliphatic rings. The summed E-state index contributed by atoms with van der Waals surface area (Å²) >= 11 is 0. The second kappa shape index (κ2) is 9.50. The van der Waals surface area contributed by atoms with Gasteiger partial charge in [0.1, 0.15) is 0 Å². The number of rotatable bonds is 10. The van der Waals surface area contributed by atoms with Crippen molar-refractivity contribution in [3.8, 4) is 0 Å². The van der Waals surface area contributed by atoms with Gasteiger partial charge in [0, 0.05) is 5.41 Å². The Morgan fingerprint density at radius 3 is 2.22 bits per heavy atom. The molecule has 0 radical (unpaired) electrons. The molecule has 0 bridgehead atoms. The Bertz CT molecular complexity index is 654. The van der Waals surface area contributed by atoms with Crippen LogP contribution in [0.15, 0.2) is 30.3 Å². The summed E-state index contributed by atoms with van der Waals surface area (Å²) in [5, 5.41) is 30.3. The van der Waals surface area contributed by atoms with E-state index in [1.54, 1.807) is 0 Å². The van der Waals surface area contributed by atoms with Crippen LogP contribution in [-0.2, 0) is 20.8 Å². The Morgan fingerprint density at radius 1 is 1.04 bits per heavy atom. The molecule has 7 heteroatoms. The third-order valence-electron chi connectivity index (χ3n) is 5.39. The van der Waals surface area contributed by atoms with E-state index in [1.165, 1.54) is 0 Å². The third-order valence-corrected chi connectivity index (χ3v) is 5.39. The summed E-state index contributed by atoms with van der Waals surface area (Å²) in [4.78, 5) is 35.2. The monoisotopic (exact) mass is 377 g/mol. The number of aliphatic hydroxyl groups excluding tert-OH is 1. The highest BCUT2D eigenvalue weighted by molar-refractivity contribution is 5.84.